The fourth-order valence-electron chi connectivity index (χ4n) is 3.43. The van der Waals surface area contributed by atoms with E-state index in [0.29, 0.717) is 5.02 Å². The van der Waals surface area contributed by atoms with E-state index in [0.717, 1.165) is 65.4 Å². The van der Waals surface area contributed by atoms with Crippen molar-refractivity contribution in [2.45, 2.75) is 13.8 Å². The number of anilines is 3. The lowest BCUT2D eigenvalue weighted by Crippen LogP contribution is -2.28. The standard InChI is InChI=1S/C22H25ClN6/c1-3-29(4-2)12-11-25-22-27-19-8-6-16(14-21(19)28-22)26-18-9-10-24-20-13-15(23)5-7-17(18)20/h5-10,13-14H,3-4,11-12H2,1-2H3,(H,24,26)(H2,25,27,28). The molecule has 0 fully saturated rings. The van der Waals surface area contributed by atoms with E-state index in [1.165, 1.54) is 0 Å². The van der Waals surface area contributed by atoms with Gasteiger partial charge in [-0.1, -0.05) is 25.4 Å². The van der Waals surface area contributed by atoms with Crippen molar-refractivity contribution in [3.05, 3.63) is 53.7 Å². The van der Waals surface area contributed by atoms with Crippen molar-refractivity contribution < 1.29 is 0 Å². The molecule has 0 saturated heterocycles. The van der Waals surface area contributed by atoms with Crippen molar-refractivity contribution in [2.24, 2.45) is 0 Å². The molecule has 6 nitrogen and oxygen atoms in total. The Bertz CT molecular complexity index is 1120. The Morgan fingerprint density at radius 2 is 1.90 bits per heavy atom. The minimum Gasteiger partial charge on any atom is -0.355 e. The van der Waals surface area contributed by atoms with E-state index in [-0.39, 0.29) is 0 Å². The van der Waals surface area contributed by atoms with Crippen molar-refractivity contribution in [3.63, 3.8) is 0 Å². The summed E-state index contributed by atoms with van der Waals surface area (Å²) in [5, 5.41) is 8.58. The van der Waals surface area contributed by atoms with Gasteiger partial charge in [-0.2, -0.15) is 0 Å². The zero-order chi connectivity index (χ0) is 20.2. The van der Waals surface area contributed by atoms with Crippen LogP contribution in [-0.2, 0) is 0 Å². The van der Waals surface area contributed by atoms with Crippen LogP contribution in [0.1, 0.15) is 13.8 Å². The second kappa shape index (κ2) is 8.68. The fourth-order valence-corrected chi connectivity index (χ4v) is 3.60. The number of hydrogen-bond acceptors (Lipinski definition) is 5. The number of benzene rings is 2. The number of nitrogens with one attached hydrogen (secondary N) is 3. The summed E-state index contributed by atoms with van der Waals surface area (Å²) >= 11 is 6.09. The number of pyridine rings is 1. The maximum atomic E-state index is 6.09. The summed E-state index contributed by atoms with van der Waals surface area (Å²) in [4.78, 5) is 14.8. The molecule has 0 aliphatic rings. The molecule has 2 heterocycles. The van der Waals surface area contributed by atoms with Crippen LogP contribution in [0, 0.1) is 0 Å². The van der Waals surface area contributed by atoms with Gasteiger partial charge in [0.2, 0.25) is 5.95 Å². The second-order valence-electron chi connectivity index (χ2n) is 6.92. The number of fused-ring (bicyclic) bond motifs is 2. The first-order valence-corrected chi connectivity index (χ1v) is 10.3. The van der Waals surface area contributed by atoms with Crippen molar-refractivity contribution >= 4 is 50.9 Å². The summed E-state index contributed by atoms with van der Waals surface area (Å²) in [5.41, 5.74) is 4.76. The smallest absolute Gasteiger partial charge is 0.201 e. The third-order valence-corrected chi connectivity index (χ3v) is 5.32. The van der Waals surface area contributed by atoms with E-state index >= 15 is 0 Å². The summed E-state index contributed by atoms with van der Waals surface area (Å²) in [6.45, 7) is 8.33. The number of nitrogens with zero attached hydrogens (tertiary/aromatic N) is 3. The van der Waals surface area contributed by atoms with E-state index in [2.05, 4.69) is 50.4 Å². The highest BCUT2D eigenvalue weighted by molar-refractivity contribution is 6.31. The van der Waals surface area contributed by atoms with Gasteiger partial charge in [0.25, 0.3) is 0 Å². The molecule has 0 saturated carbocycles. The number of aromatic nitrogens is 3. The third kappa shape index (κ3) is 4.44. The summed E-state index contributed by atoms with van der Waals surface area (Å²) in [5.74, 6) is 0.799. The van der Waals surface area contributed by atoms with Gasteiger partial charge < -0.3 is 20.5 Å². The number of aromatic amines is 1. The molecule has 0 aliphatic carbocycles. The number of likely N-dealkylation sites (N-methyl/N-ethyl adjacent to an activating group) is 1. The van der Waals surface area contributed by atoms with Crippen LogP contribution in [0.25, 0.3) is 21.9 Å². The molecular weight excluding hydrogens is 384 g/mol. The summed E-state index contributed by atoms with van der Waals surface area (Å²) in [7, 11) is 0. The molecule has 0 atom stereocenters. The third-order valence-electron chi connectivity index (χ3n) is 5.08. The number of halogens is 1. The average molecular weight is 409 g/mol. The molecule has 29 heavy (non-hydrogen) atoms. The number of H-pyrrole nitrogens is 1. The van der Waals surface area contributed by atoms with Gasteiger partial charge in [0, 0.05) is 41.1 Å². The molecular formula is C22H25ClN6. The molecule has 0 radical (unpaired) electrons. The molecule has 7 heteroatoms. The molecule has 4 rings (SSSR count). The zero-order valence-electron chi connectivity index (χ0n) is 16.7. The Morgan fingerprint density at radius 1 is 1.03 bits per heavy atom. The van der Waals surface area contributed by atoms with Crippen LogP contribution in [-0.4, -0.2) is 46.0 Å². The molecule has 0 spiro atoms. The van der Waals surface area contributed by atoms with E-state index in [4.69, 9.17) is 11.6 Å². The Balaban J connectivity index is 1.51. The molecule has 0 bridgehead atoms. The first kappa shape index (κ1) is 19.5. The normalized spacial score (nSPS) is 11.4. The Morgan fingerprint density at radius 3 is 2.72 bits per heavy atom. The minimum absolute atomic E-state index is 0.682. The highest BCUT2D eigenvalue weighted by Crippen LogP contribution is 2.28. The van der Waals surface area contributed by atoms with Crippen LogP contribution in [0.5, 0.6) is 0 Å². The Hall–Kier alpha value is -2.83. The van der Waals surface area contributed by atoms with E-state index in [1.54, 1.807) is 6.20 Å². The molecule has 0 aliphatic heterocycles. The van der Waals surface area contributed by atoms with Crippen LogP contribution in [0.15, 0.2) is 48.7 Å². The highest BCUT2D eigenvalue weighted by atomic mass is 35.5. The van der Waals surface area contributed by atoms with E-state index in [1.807, 2.05) is 36.4 Å². The summed E-state index contributed by atoms with van der Waals surface area (Å²) in [6.07, 6.45) is 1.79. The van der Waals surface area contributed by atoms with Crippen LogP contribution in [0.3, 0.4) is 0 Å². The molecule has 2 aromatic heterocycles. The minimum atomic E-state index is 0.682. The molecule has 4 aromatic rings. The van der Waals surface area contributed by atoms with Crippen LogP contribution in [0.4, 0.5) is 17.3 Å². The summed E-state index contributed by atoms with van der Waals surface area (Å²) < 4.78 is 0. The van der Waals surface area contributed by atoms with Crippen LogP contribution >= 0.6 is 11.6 Å². The first-order chi connectivity index (χ1) is 14.2. The van der Waals surface area contributed by atoms with Crippen molar-refractivity contribution in [3.8, 4) is 0 Å². The summed E-state index contributed by atoms with van der Waals surface area (Å²) in [6, 6.07) is 13.8. The number of hydrogen-bond donors (Lipinski definition) is 3. The van der Waals surface area contributed by atoms with Gasteiger partial charge in [0.05, 0.1) is 16.6 Å². The lowest BCUT2D eigenvalue weighted by atomic mass is 10.2. The largest absolute Gasteiger partial charge is 0.355 e. The molecule has 3 N–H and O–H groups in total. The van der Waals surface area contributed by atoms with E-state index in [9.17, 15) is 0 Å². The predicted molar refractivity (Wildman–Crippen MR) is 122 cm³/mol. The maximum Gasteiger partial charge on any atom is 0.201 e. The number of imidazole rings is 1. The molecule has 0 amide bonds. The SMILES string of the molecule is CCN(CC)CCNc1nc2ccc(Nc3ccnc4cc(Cl)ccc34)cc2[nH]1. The lowest BCUT2D eigenvalue weighted by Gasteiger charge is -2.17. The lowest BCUT2D eigenvalue weighted by molar-refractivity contribution is 0.316. The number of rotatable bonds is 8. The average Bonchev–Trinajstić information content (AvgIpc) is 3.13. The first-order valence-electron chi connectivity index (χ1n) is 9.93. The zero-order valence-corrected chi connectivity index (χ0v) is 17.4. The quantitative estimate of drug-likeness (QED) is 0.371. The maximum absolute atomic E-state index is 6.09. The fraction of sp³-hybridized carbons (Fsp3) is 0.273. The Labute approximate surface area is 175 Å². The van der Waals surface area contributed by atoms with Crippen molar-refractivity contribution in [2.75, 3.05) is 36.8 Å². The van der Waals surface area contributed by atoms with Crippen LogP contribution in [0.2, 0.25) is 5.02 Å². The van der Waals surface area contributed by atoms with Gasteiger partial charge in [-0.05, 0) is 55.6 Å². The second-order valence-corrected chi connectivity index (χ2v) is 7.35. The van der Waals surface area contributed by atoms with Crippen LogP contribution < -0.4 is 10.6 Å². The predicted octanol–water partition coefficient (Wildman–Crippen LogP) is 5.26. The molecule has 150 valence electrons. The van der Waals surface area contributed by atoms with Gasteiger partial charge in [-0.3, -0.25) is 4.98 Å². The Kier molecular flexibility index (Phi) is 5.83. The van der Waals surface area contributed by atoms with Gasteiger partial charge in [-0.15, -0.1) is 0 Å². The van der Waals surface area contributed by atoms with Gasteiger partial charge >= 0.3 is 0 Å². The topological polar surface area (TPSA) is 68.9 Å². The van der Waals surface area contributed by atoms with Gasteiger partial charge in [0.15, 0.2) is 0 Å². The molecule has 0 unspecified atom stereocenters. The van der Waals surface area contributed by atoms with E-state index < -0.39 is 0 Å². The van der Waals surface area contributed by atoms with Crippen molar-refractivity contribution in [1.29, 1.82) is 0 Å². The van der Waals surface area contributed by atoms with Gasteiger partial charge in [0.1, 0.15) is 0 Å². The van der Waals surface area contributed by atoms with Crippen molar-refractivity contribution in [1.82, 2.24) is 19.9 Å². The van der Waals surface area contributed by atoms with Gasteiger partial charge in [-0.25, -0.2) is 4.98 Å². The molecule has 2 aromatic carbocycles. The highest BCUT2D eigenvalue weighted by Gasteiger charge is 2.07. The monoisotopic (exact) mass is 408 g/mol.